The lowest BCUT2D eigenvalue weighted by Gasteiger charge is -2.08. The number of carbonyl (C=O) groups is 1. The first-order chi connectivity index (χ1) is 11.2. The molecule has 2 heterocycles. The maximum atomic E-state index is 12.2. The smallest absolute Gasteiger partial charge is 0.308 e. The van der Waals surface area contributed by atoms with E-state index in [1.54, 1.807) is 4.52 Å². The molecule has 0 unspecified atom stereocenters. The van der Waals surface area contributed by atoms with Crippen LogP contribution >= 0.6 is 0 Å². The first kappa shape index (κ1) is 13.8. The number of pyridine rings is 1. The highest BCUT2D eigenvalue weighted by atomic mass is 16.2. The normalized spacial score (nSPS) is 14.0. The minimum absolute atomic E-state index is 0.294. The van der Waals surface area contributed by atoms with E-state index in [1.165, 1.54) is 0 Å². The second-order valence-corrected chi connectivity index (χ2v) is 5.88. The molecule has 0 radical (unpaired) electrons. The van der Waals surface area contributed by atoms with Crippen LogP contribution in [0.3, 0.4) is 0 Å². The van der Waals surface area contributed by atoms with Gasteiger partial charge < -0.3 is 10.6 Å². The Kier molecular flexibility index (Phi) is 3.22. The molecule has 1 aromatic carbocycles. The van der Waals surface area contributed by atoms with Crippen LogP contribution in [0, 0.1) is 6.92 Å². The van der Waals surface area contributed by atoms with E-state index in [4.69, 9.17) is 0 Å². The van der Waals surface area contributed by atoms with Gasteiger partial charge >= 0.3 is 6.03 Å². The Balaban J connectivity index is 1.54. The van der Waals surface area contributed by atoms with Crippen molar-refractivity contribution in [3.8, 4) is 0 Å². The quantitative estimate of drug-likeness (QED) is 0.777. The summed E-state index contributed by atoms with van der Waals surface area (Å²) in [6.45, 7) is 2.01. The van der Waals surface area contributed by atoms with E-state index >= 15 is 0 Å². The molecule has 0 atom stereocenters. The molecule has 0 saturated heterocycles. The van der Waals surface area contributed by atoms with Crippen molar-refractivity contribution in [1.82, 2.24) is 14.6 Å². The zero-order valence-electron chi connectivity index (χ0n) is 12.8. The molecule has 2 amide bonds. The predicted molar refractivity (Wildman–Crippen MR) is 88.8 cm³/mol. The number of urea groups is 1. The summed E-state index contributed by atoms with van der Waals surface area (Å²) in [5.74, 6) is 1.34. The highest BCUT2D eigenvalue weighted by molar-refractivity contribution is 6.01. The summed E-state index contributed by atoms with van der Waals surface area (Å²) >= 11 is 0. The topological polar surface area (TPSA) is 71.3 Å². The highest BCUT2D eigenvalue weighted by Crippen LogP contribution is 2.38. The molecule has 4 rings (SSSR count). The van der Waals surface area contributed by atoms with Gasteiger partial charge in [0.1, 0.15) is 0 Å². The third kappa shape index (κ3) is 2.88. The lowest BCUT2D eigenvalue weighted by Crippen LogP contribution is -2.19. The third-order valence-corrected chi connectivity index (χ3v) is 3.88. The van der Waals surface area contributed by atoms with Gasteiger partial charge in [0.05, 0.1) is 5.69 Å². The van der Waals surface area contributed by atoms with Crippen LogP contribution < -0.4 is 10.6 Å². The number of rotatable bonds is 3. The van der Waals surface area contributed by atoms with Gasteiger partial charge in [-0.05, 0) is 44.0 Å². The van der Waals surface area contributed by atoms with E-state index in [2.05, 4.69) is 20.7 Å². The molecule has 3 aromatic rings. The largest absolute Gasteiger partial charge is 0.323 e. The predicted octanol–water partition coefficient (Wildman–Crippen LogP) is 3.56. The minimum Gasteiger partial charge on any atom is -0.308 e. The number of amides is 2. The van der Waals surface area contributed by atoms with E-state index in [-0.39, 0.29) is 6.03 Å². The number of nitrogens with one attached hydrogen (secondary N) is 2. The molecule has 23 heavy (non-hydrogen) atoms. The second kappa shape index (κ2) is 5.39. The van der Waals surface area contributed by atoms with E-state index in [0.29, 0.717) is 17.3 Å². The van der Waals surface area contributed by atoms with Crippen LogP contribution in [0.2, 0.25) is 0 Å². The molecular weight excluding hydrogens is 290 g/mol. The maximum Gasteiger partial charge on any atom is 0.323 e. The maximum absolute atomic E-state index is 12.2. The first-order valence-corrected chi connectivity index (χ1v) is 7.69. The monoisotopic (exact) mass is 307 g/mol. The van der Waals surface area contributed by atoms with Crippen LogP contribution in [0.25, 0.3) is 5.65 Å². The lowest BCUT2D eigenvalue weighted by molar-refractivity contribution is 0.262. The Bertz CT molecular complexity index is 864. The Morgan fingerprint density at radius 3 is 2.70 bits per heavy atom. The molecule has 116 valence electrons. The summed E-state index contributed by atoms with van der Waals surface area (Å²) in [6, 6.07) is 11.0. The standard InChI is InChI=1S/C17H17N5O/c1-11-4-8-13(9-5-11)18-17(23)19-14-3-2-10-22-16(14)20-15(21-22)12-6-7-12/h2-5,8-10,12H,6-7H2,1H3,(H2,18,19,23). The van der Waals surface area contributed by atoms with Gasteiger partial charge in [0, 0.05) is 17.8 Å². The number of nitrogens with zero attached hydrogens (tertiary/aromatic N) is 3. The number of fused-ring (bicyclic) bond motifs is 1. The van der Waals surface area contributed by atoms with Crippen LogP contribution in [-0.4, -0.2) is 20.6 Å². The number of hydrogen-bond acceptors (Lipinski definition) is 3. The molecule has 1 aliphatic carbocycles. The Hall–Kier alpha value is -2.89. The molecule has 2 N–H and O–H groups in total. The summed E-state index contributed by atoms with van der Waals surface area (Å²) in [4.78, 5) is 16.7. The van der Waals surface area contributed by atoms with Crippen molar-refractivity contribution in [2.45, 2.75) is 25.7 Å². The fourth-order valence-corrected chi connectivity index (χ4v) is 2.46. The number of aryl methyl sites for hydroxylation is 1. The van der Waals surface area contributed by atoms with E-state index in [9.17, 15) is 4.79 Å². The van der Waals surface area contributed by atoms with Crippen LogP contribution in [0.4, 0.5) is 16.2 Å². The van der Waals surface area contributed by atoms with Gasteiger partial charge in [0.15, 0.2) is 11.5 Å². The summed E-state index contributed by atoms with van der Waals surface area (Å²) < 4.78 is 1.72. The SMILES string of the molecule is Cc1ccc(NC(=O)Nc2cccn3nc(C4CC4)nc23)cc1. The lowest BCUT2D eigenvalue weighted by atomic mass is 10.2. The molecule has 1 aliphatic rings. The fraction of sp³-hybridized carbons (Fsp3) is 0.235. The average molecular weight is 307 g/mol. The molecule has 0 spiro atoms. The third-order valence-electron chi connectivity index (χ3n) is 3.88. The molecule has 1 fully saturated rings. The van der Waals surface area contributed by atoms with Gasteiger partial charge in [-0.2, -0.15) is 5.10 Å². The Labute approximate surface area is 133 Å². The van der Waals surface area contributed by atoms with E-state index in [0.717, 1.165) is 29.9 Å². The van der Waals surface area contributed by atoms with Gasteiger partial charge in [-0.1, -0.05) is 17.7 Å². The van der Waals surface area contributed by atoms with Crippen molar-refractivity contribution < 1.29 is 4.79 Å². The van der Waals surface area contributed by atoms with Gasteiger partial charge in [0.25, 0.3) is 0 Å². The number of anilines is 2. The summed E-state index contributed by atoms with van der Waals surface area (Å²) in [5, 5.41) is 10.1. The molecule has 0 aliphatic heterocycles. The molecule has 1 saturated carbocycles. The van der Waals surface area contributed by atoms with E-state index < -0.39 is 0 Å². The van der Waals surface area contributed by atoms with Crippen molar-refractivity contribution in [2.24, 2.45) is 0 Å². The van der Waals surface area contributed by atoms with Gasteiger partial charge in [0.2, 0.25) is 0 Å². The zero-order valence-corrected chi connectivity index (χ0v) is 12.8. The zero-order chi connectivity index (χ0) is 15.8. The molecule has 2 aromatic heterocycles. The minimum atomic E-state index is -0.294. The van der Waals surface area contributed by atoms with Crippen LogP contribution in [-0.2, 0) is 0 Å². The molecular formula is C17H17N5O. The molecule has 6 nitrogen and oxygen atoms in total. The first-order valence-electron chi connectivity index (χ1n) is 7.69. The Morgan fingerprint density at radius 2 is 1.96 bits per heavy atom. The molecule has 6 heteroatoms. The summed E-state index contributed by atoms with van der Waals surface area (Å²) in [7, 11) is 0. The van der Waals surface area contributed by atoms with E-state index in [1.807, 2.05) is 49.5 Å². The second-order valence-electron chi connectivity index (χ2n) is 5.88. The number of carbonyl (C=O) groups excluding carboxylic acids is 1. The highest BCUT2D eigenvalue weighted by Gasteiger charge is 2.28. The van der Waals surface area contributed by atoms with Crippen molar-refractivity contribution in [3.63, 3.8) is 0 Å². The number of aromatic nitrogens is 3. The van der Waals surface area contributed by atoms with Crippen LogP contribution in [0.1, 0.15) is 30.1 Å². The summed E-state index contributed by atoms with van der Waals surface area (Å²) in [5.41, 5.74) is 3.22. The van der Waals surface area contributed by atoms with Crippen molar-refractivity contribution in [2.75, 3.05) is 10.6 Å². The van der Waals surface area contributed by atoms with Crippen molar-refractivity contribution in [3.05, 3.63) is 54.0 Å². The number of benzene rings is 1. The van der Waals surface area contributed by atoms with Crippen molar-refractivity contribution in [1.29, 1.82) is 0 Å². The average Bonchev–Trinajstić information content (AvgIpc) is 3.29. The van der Waals surface area contributed by atoms with Gasteiger partial charge in [-0.25, -0.2) is 14.3 Å². The van der Waals surface area contributed by atoms with Crippen LogP contribution in [0.15, 0.2) is 42.6 Å². The van der Waals surface area contributed by atoms with Gasteiger partial charge in [-0.3, -0.25) is 0 Å². The van der Waals surface area contributed by atoms with Crippen molar-refractivity contribution >= 4 is 23.1 Å². The fourth-order valence-electron chi connectivity index (χ4n) is 2.46. The Morgan fingerprint density at radius 1 is 1.17 bits per heavy atom. The summed E-state index contributed by atoms with van der Waals surface area (Å²) in [6.07, 6.45) is 4.14. The molecule has 0 bridgehead atoms. The van der Waals surface area contributed by atoms with Gasteiger partial charge in [-0.15, -0.1) is 0 Å². The number of hydrogen-bond donors (Lipinski definition) is 2. The van der Waals surface area contributed by atoms with Crippen LogP contribution in [0.5, 0.6) is 0 Å².